The molecule has 2 rings (SSSR count). The molecule has 7 heteroatoms. The number of pyridine rings is 1. The first-order valence-corrected chi connectivity index (χ1v) is 4.98. The second kappa shape index (κ2) is 5.08. The van der Waals surface area contributed by atoms with Crippen LogP contribution < -0.4 is 16.6 Å². The van der Waals surface area contributed by atoms with Crippen molar-refractivity contribution in [2.45, 2.75) is 6.54 Å². The Balaban J connectivity index is 1.95. The maximum atomic E-state index is 11.7. The van der Waals surface area contributed by atoms with Crippen LogP contribution in [0.2, 0.25) is 0 Å². The maximum absolute atomic E-state index is 11.7. The Kier molecular flexibility index (Phi) is 3.31. The molecule has 0 saturated carbocycles. The molecule has 0 saturated heterocycles. The van der Waals surface area contributed by atoms with E-state index in [1.165, 1.54) is 6.20 Å². The Hall–Kier alpha value is -2.41. The van der Waals surface area contributed by atoms with E-state index in [9.17, 15) is 4.79 Å². The first-order valence-electron chi connectivity index (χ1n) is 4.98. The summed E-state index contributed by atoms with van der Waals surface area (Å²) in [4.78, 5) is 15.7. The largest absolute Gasteiger partial charge is 0.348 e. The van der Waals surface area contributed by atoms with Gasteiger partial charge in [0.15, 0.2) is 0 Å². The topological polar surface area (TPSA) is 109 Å². The van der Waals surface area contributed by atoms with Crippen molar-refractivity contribution in [1.82, 2.24) is 20.5 Å². The third-order valence-electron chi connectivity index (χ3n) is 2.18. The van der Waals surface area contributed by atoms with E-state index in [2.05, 4.69) is 25.9 Å². The Morgan fingerprint density at radius 1 is 1.41 bits per heavy atom. The first kappa shape index (κ1) is 11.1. The molecule has 2 aromatic heterocycles. The Morgan fingerprint density at radius 3 is 2.88 bits per heavy atom. The molecule has 0 radical (unpaired) electrons. The smallest absolute Gasteiger partial charge is 0.253 e. The highest BCUT2D eigenvalue weighted by Crippen LogP contribution is 2.03. The predicted octanol–water partition coefficient (Wildman–Crippen LogP) is 0.0203. The third-order valence-corrected chi connectivity index (χ3v) is 2.18. The maximum Gasteiger partial charge on any atom is 0.253 e. The zero-order chi connectivity index (χ0) is 12.1. The summed E-state index contributed by atoms with van der Waals surface area (Å²) in [5.41, 5.74) is 3.78. The lowest BCUT2D eigenvalue weighted by Crippen LogP contribution is -2.22. The van der Waals surface area contributed by atoms with Gasteiger partial charge in [-0.15, -0.1) is 0 Å². The minimum atomic E-state index is -0.192. The highest BCUT2D eigenvalue weighted by molar-refractivity contribution is 5.93. The molecule has 2 aromatic rings. The average Bonchev–Trinajstić information content (AvgIpc) is 2.89. The van der Waals surface area contributed by atoms with E-state index in [0.717, 1.165) is 5.56 Å². The summed E-state index contributed by atoms with van der Waals surface area (Å²) in [6, 6.07) is 3.28. The summed E-state index contributed by atoms with van der Waals surface area (Å²) in [7, 11) is 0. The Morgan fingerprint density at radius 2 is 2.29 bits per heavy atom. The van der Waals surface area contributed by atoms with Crippen LogP contribution in [0.25, 0.3) is 0 Å². The number of nitrogens with one attached hydrogen (secondary N) is 3. The average molecular weight is 232 g/mol. The van der Waals surface area contributed by atoms with Crippen molar-refractivity contribution < 1.29 is 4.79 Å². The number of nitrogens with zero attached hydrogens (tertiary/aromatic N) is 2. The number of aromatic nitrogens is 3. The molecule has 0 unspecified atom stereocenters. The first-order chi connectivity index (χ1) is 8.29. The van der Waals surface area contributed by atoms with Gasteiger partial charge in [0.05, 0.1) is 11.8 Å². The summed E-state index contributed by atoms with van der Waals surface area (Å²) in [6.45, 7) is 0.423. The molecule has 0 aliphatic rings. The molecular formula is C10H12N6O. The SMILES string of the molecule is NNc1ccc(C(=O)NCc2cn[nH]c2)cn1. The monoisotopic (exact) mass is 232 g/mol. The molecule has 0 spiro atoms. The molecule has 0 aliphatic carbocycles. The molecule has 1 amide bonds. The summed E-state index contributed by atoms with van der Waals surface area (Å²) < 4.78 is 0. The number of hydrazine groups is 1. The lowest BCUT2D eigenvalue weighted by molar-refractivity contribution is 0.0950. The van der Waals surface area contributed by atoms with Crippen molar-refractivity contribution in [2.24, 2.45) is 5.84 Å². The van der Waals surface area contributed by atoms with Crippen LogP contribution in [-0.2, 0) is 6.54 Å². The van der Waals surface area contributed by atoms with Crippen LogP contribution >= 0.6 is 0 Å². The van der Waals surface area contributed by atoms with E-state index >= 15 is 0 Å². The van der Waals surface area contributed by atoms with Gasteiger partial charge in [-0.1, -0.05) is 0 Å². The Bertz CT molecular complexity index is 478. The fourth-order valence-corrected chi connectivity index (χ4v) is 1.27. The number of H-pyrrole nitrogens is 1. The number of hydrogen-bond donors (Lipinski definition) is 4. The van der Waals surface area contributed by atoms with Crippen LogP contribution in [-0.4, -0.2) is 21.1 Å². The van der Waals surface area contributed by atoms with Crippen LogP contribution in [0.3, 0.4) is 0 Å². The van der Waals surface area contributed by atoms with E-state index in [1.54, 1.807) is 24.5 Å². The van der Waals surface area contributed by atoms with Gasteiger partial charge in [0.2, 0.25) is 0 Å². The van der Waals surface area contributed by atoms with Crippen LogP contribution in [0.5, 0.6) is 0 Å². The molecule has 17 heavy (non-hydrogen) atoms. The van der Waals surface area contributed by atoms with Gasteiger partial charge in [0.25, 0.3) is 5.91 Å². The lowest BCUT2D eigenvalue weighted by Gasteiger charge is -2.04. The number of carbonyl (C=O) groups excluding carboxylic acids is 1. The molecule has 0 aliphatic heterocycles. The van der Waals surface area contributed by atoms with Crippen molar-refractivity contribution in [1.29, 1.82) is 0 Å². The van der Waals surface area contributed by atoms with E-state index in [-0.39, 0.29) is 5.91 Å². The summed E-state index contributed by atoms with van der Waals surface area (Å²) in [5, 5.41) is 9.21. The number of hydrogen-bond acceptors (Lipinski definition) is 5. The molecule has 0 fully saturated rings. The highest BCUT2D eigenvalue weighted by atomic mass is 16.1. The molecule has 7 nitrogen and oxygen atoms in total. The van der Waals surface area contributed by atoms with Crippen LogP contribution in [0.15, 0.2) is 30.7 Å². The van der Waals surface area contributed by atoms with E-state index in [4.69, 9.17) is 5.84 Å². The van der Waals surface area contributed by atoms with Gasteiger partial charge in [0, 0.05) is 24.5 Å². The minimum absolute atomic E-state index is 0.192. The molecular weight excluding hydrogens is 220 g/mol. The summed E-state index contributed by atoms with van der Waals surface area (Å²) >= 11 is 0. The number of anilines is 1. The second-order valence-corrected chi connectivity index (χ2v) is 3.37. The lowest BCUT2D eigenvalue weighted by atomic mass is 10.2. The van der Waals surface area contributed by atoms with Crippen LogP contribution in [0, 0.1) is 0 Å². The summed E-state index contributed by atoms with van der Waals surface area (Å²) in [6.07, 6.45) is 4.83. The fourth-order valence-electron chi connectivity index (χ4n) is 1.27. The van der Waals surface area contributed by atoms with Crippen molar-refractivity contribution in [3.63, 3.8) is 0 Å². The standard InChI is InChI=1S/C10H12N6O/c11-16-9-2-1-8(6-12-9)10(17)13-3-7-4-14-15-5-7/h1-2,4-6H,3,11H2,(H,12,16)(H,13,17)(H,14,15). The van der Waals surface area contributed by atoms with E-state index in [0.29, 0.717) is 17.9 Å². The number of amides is 1. The zero-order valence-electron chi connectivity index (χ0n) is 8.97. The number of nitrogen functional groups attached to an aromatic ring is 1. The van der Waals surface area contributed by atoms with Gasteiger partial charge in [0.1, 0.15) is 5.82 Å². The quantitative estimate of drug-likeness (QED) is 0.439. The third kappa shape index (κ3) is 2.79. The number of nitrogens with two attached hydrogens (primary N) is 1. The van der Waals surface area contributed by atoms with Gasteiger partial charge in [-0.3, -0.25) is 9.89 Å². The van der Waals surface area contributed by atoms with Crippen LogP contribution in [0.4, 0.5) is 5.82 Å². The van der Waals surface area contributed by atoms with Crippen LogP contribution in [0.1, 0.15) is 15.9 Å². The minimum Gasteiger partial charge on any atom is -0.348 e. The highest BCUT2D eigenvalue weighted by Gasteiger charge is 2.05. The summed E-state index contributed by atoms with van der Waals surface area (Å²) in [5.74, 6) is 5.49. The van der Waals surface area contributed by atoms with Crippen molar-refractivity contribution >= 4 is 11.7 Å². The number of carbonyl (C=O) groups is 1. The molecule has 88 valence electrons. The predicted molar refractivity (Wildman–Crippen MR) is 61.8 cm³/mol. The number of aromatic amines is 1. The van der Waals surface area contributed by atoms with Gasteiger partial charge in [-0.2, -0.15) is 5.10 Å². The van der Waals surface area contributed by atoms with E-state index in [1.807, 2.05) is 0 Å². The van der Waals surface area contributed by atoms with Crippen molar-refractivity contribution in [3.8, 4) is 0 Å². The molecule has 2 heterocycles. The van der Waals surface area contributed by atoms with Gasteiger partial charge < -0.3 is 10.7 Å². The molecule has 0 aromatic carbocycles. The van der Waals surface area contributed by atoms with Crippen molar-refractivity contribution in [3.05, 3.63) is 41.9 Å². The molecule has 5 N–H and O–H groups in total. The number of rotatable bonds is 4. The molecule has 0 atom stereocenters. The van der Waals surface area contributed by atoms with Gasteiger partial charge in [-0.05, 0) is 12.1 Å². The Labute approximate surface area is 97.4 Å². The van der Waals surface area contributed by atoms with Gasteiger partial charge >= 0.3 is 0 Å². The fraction of sp³-hybridized carbons (Fsp3) is 0.100. The van der Waals surface area contributed by atoms with Gasteiger partial charge in [-0.25, -0.2) is 10.8 Å². The van der Waals surface area contributed by atoms with Crippen molar-refractivity contribution in [2.75, 3.05) is 5.43 Å². The zero-order valence-corrected chi connectivity index (χ0v) is 8.97. The molecule has 0 bridgehead atoms. The normalized spacial score (nSPS) is 9.94. The second-order valence-electron chi connectivity index (χ2n) is 3.37. The van der Waals surface area contributed by atoms with E-state index < -0.39 is 0 Å².